The fourth-order valence-electron chi connectivity index (χ4n) is 3.14. The van der Waals surface area contributed by atoms with Crippen molar-refractivity contribution in [2.24, 2.45) is 5.14 Å². The minimum Gasteiger partial charge on any atom is -0.444 e. The van der Waals surface area contributed by atoms with E-state index in [1.54, 1.807) is 38.3 Å². The molecule has 194 valence electrons. The molecule has 1 aromatic heterocycles. The van der Waals surface area contributed by atoms with Gasteiger partial charge in [-0.15, -0.1) is 11.3 Å². The molecule has 0 aliphatic heterocycles. The molecule has 36 heavy (non-hydrogen) atoms. The zero-order valence-corrected chi connectivity index (χ0v) is 21.1. The summed E-state index contributed by atoms with van der Waals surface area (Å²) in [6, 6.07) is 10.1. The number of alkyl carbamates (subject to hydrolysis) is 1. The first-order valence-electron chi connectivity index (χ1n) is 10.5. The van der Waals surface area contributed by atoms with E-state index in [1.165, 1.54) is 35.6 Å². The van der Waals surface area contributed by atoms with Crippen molar-refractivity contribution in [2.45, 2.75) is 45.0 Å². The molecule has 0 aliphatic carbocycles. The molecular weight excluding hydrogens is 519 g/mol. The average Bonchev–Trinajstić information content (AvgIpc) is 3.22. The SMILES string of the molecule is CC(C)(C)OC(=O)N[C@@H](Cc1ccc(OS(N)(=O)=O)cc1)c1nc(-c2cccc(C(F)(F)F)c2)cs1. The fourth-order valence-corrected chi connectivity index (χ4v) is 4.39. The van der Waals surface area contributed by atoms with Crippen molar-refractivity contribution in [3.63, 3.8) is 0 Å². The summed E-state index contributed by atoms with van der Waals surface area (Å²) < 4.78 is 71.6. The third-order valence-corrected chi connectivity index (χ3v) is 5.96. The van der Waals surface area contributed by atoms with Crippen molar-refractivity contribution < 1.29 is 35.3 Å². The van der Waals surface area contributed by atoms with E-state index in [-0.39, 0.29) is 17.7 Å². The number of hydrogen-bond donors (Lipinski definition) is 2. The second-order valence-corrected chi connectivity index (χ2v) is 10.8. The molecule has 3 aromatic rings. The quantitative estimate of drug-likeness (QED) is 0.422. The third kappa shape index (κ3) is 8.21. The van der Waals surface area contributed by atoms with Gasteiger partial charge in [0.25, 0.3) is 0 Å². The molecule has 8 nitrogen and oxygen atoms in total. The Bertz CT molecular complexity index is 1320. The molecule has 1 amide bonds. The number of hydrogen-bond acceptors (Lipinski definition) is 7. The maximum absolute atomic E-state index is 13.1. The molecule has 0 saturated heterocycles. The first-order valence-corrected chi connectivity index (χ1v) is 12.9. The number of rotatable bonds is 7. The van der Waals surface area contributed by atoms with E-state index < -0.39 is 39.8 Å². The van der Waals surface area contributed by atoms with Crippen molar-refractivity contribution in [2.75, 3.05) is 0 Å². The van der Waals surface area contributed by atoms with Crippen LogP contribution < -0.4 is 14.6 Å². The third-order valence-electron chi connectivity index (χ3n) is 4.57. The number of aromatic nitrogens is 1. The van der Waals surface area contributed by atoms with Gasteiger partial charge in [-0.3, -0.25) is 0 Å². The lowest BCUT2D eigenvalue weighted by Gasteiger charge is -2.23. The Morgan fingerprint density at radius 1 is 1.14 bits per heavy atom. The molecule has 0 spiro atoms. The number of alkyl halides is 3. The van der Waals surface area contributed by atoms with E-state index in [0.29, 0.717) is 16.3 Å². The molecule has 0 saturated carbocycles. The molecule has 1 atom stereocenters. The van der Waals surface area contributed by atoms with E-state index in [0.717, 1.165) is 12.1 Å². The van der Waals surface area contributed by atoms with Gasteiger partial charge in [0.1, 0.15) is 16.4 Å². The highest BCUT2D eigenvalue weighted by Crippen LogP contribution is 2.33. The molecule has 1 heterocycles. The Hall–Kier alpha value is -3.16. The number of carbonyl (C=O) groups is 1. The van der Waals surface area contributed by atoms with Gasteiger partial charge in [-0.2, -0.15) is 26.7 Å². The van der Waals surface area contributed by atoms with Crippen LogP contribution in [0.2, 0.25) is 0 Å². The maximum Gasteiger partial charge on any atom is 0.416 e. The summed E-state index contributed by atoms with van der Waals surface area (Å²) in [7, 11) is -4.18. The number of benzene rings is 2. The first kappa shape index (κ1) is 27.4. The van der Waals surface area contributed by atoms with Crippen LogP contribution >= 0.6 is 11.3 Å². The Kier molecular flexibility index (Phi) is 7.96. The number of nitrogens with zero attached hydrogens (tertiary/aromatic N) is 1. The van der Waals surface area contributed by atoms with Crippen LogP contribution in [0.1, 0.15) is 42.9 Å². The summed E-state index contributed by atoms with van der Waals surface area (Å²) in [5, 5.41) is 9.67. The highest BCUT2D eigenvalue weighted by Gasteiger charge is 2.31. The smallest absolute Gasteiger partial charge is 0.416 e. The lowest BCUT2D eigenvalue weighted by atomic mass is 10.1. The van der Waals surface area contributed by atoms with E-state index in [2.05, 4.69) is 14.5 Å². The minimum atomic E-state index is -4.49. The molecule has 2 aromatic carbocycles. The van der Waals surface area contributed by atoms with Crippen molar-refractivity contribution >= 4 is 27.7 Å². The summed E-state index contributed by atoms with van der Waals surface area (Å²) in [6.07, 6.45) is -4.96. The second kappa shape index (κ2) is 10.4. The molecule has 0 unspecified atom stereocenters. The van der Waals surface area contributed by atoms with E-state index in [4.69, 9.17) is 9.88 Å². The topological polar surface area (TPSA) is 121 Å². The molecule has 3 rings (SSSR count). The van der Waals surface area contributed by atoms with Crippen LogP contribution in [-0.4, -0.2) is 25.1 Å². The van der Waals surface area contributed by atoms with Gasteiger partial charge < -0.3 is 14.2 Å². The van der Waals surface area contributed by atoms with Crippen LogP contribution in [0.15, 0.2) is 53.9 Å². The summed E-state index contributed by atoms with van der Waals surface area (Å²) in [4.78, 5) is 17.0. The standard InChI is InChI=1S/C23H24F3N3O5S2/c1-22(2,3)33-21(30)29-18(11-14-7-9-17(10-8-14)34-36(27,31)32)20-28-19(13-35-20)15-5-4-6-16(12-15)23(24,25)26/h4-10,12-13,18H,11H2,1-3H3,(H,29,30)(H2,27,31,32)/t18-/m0/s1. The molecule has 13 heteroatoms. The van der Waals surface area contributed by atoms with Crippen LogP contribution in [0.25, 0.3) is 11.3 Å². The minimum absolute atomic E-state index is 0.0129. The van der Waals surface area contributed by atoms with Gasteiger partial charge in [-0.05, 0) is 57.0 Å². The van der Waals surface area contributed by atoms with Crippen LogP contribution in [0, 0.1) is 0 Å². The number of thiazole rings is 1. The second-order valence-electron chi connectivity index (χ2n) is 8.77. The van der Waals surface area contributed by atoms with Crippen LogP contribution in [0.3, 0.4) is 0 Å². The zero-order valence-electron chi connectivity index (χ0n) is 19.5. The molecule has 3 N–H and O–H groups in total. The zero-order chi connectivity index (χ0) is 26.7. The van der Waals surface area contributed by atoms with Crippen molar-refractivity contribution in [1.82, 2.24) is 10.3 Å². The Morgan fingerprint density at radius 3 is 2.39 bits per heavy atom. The Balaban J connectivity index is 1.88. The summed E-state index contributed by atoms with van der Waals surface area (Å²) in [5.74, 6) is 0.0129. The van der Waals surface area contributed by atoms with Crippen molar-refractivity contribution in [3.05, 3.63) is 70.0 Å². The maximum atomic E-state index is 13.1. The number of carbonyl (C=O) groups excluding carboxylic acids is 1. The van der Waals surface area contributed by atoms with Gasteiger partial charge >= 0.3 is 22.6 Å². The normalized spacial score (nSPS) is 13.2. The van der Waals surface area contributed by atoms with Crippen LogP contribution in [-0.2, 0) is 27.6 Å². The molecule has 0 fully saturated rings. The van der Waals surface area contributed by atoms with E-state index in [9.17, 15) is 26.4 Å². The predicted molar refractivity (Wildman–Crippen MR) is 129 cm³/mol. The van der Waals surface area contributed by atoms with Crippen LogP contribution in [0.4, 0.5) is 18.0 Å². The Morgan fingerprint density at radius 2 is 1.81 bits per heavy atom. The summed E-state index contributed by atoms with van der Waals surface area (Å²) >= 11 is 1.17. The lowest BCUT2D eigenvalue weighted by molar-refractivity contribution is -0.137. The summed E-state index contributed by atoms with van der Waals surface area (Å²) in [6.45, 7) is 5.13. The van der Waals surface area contributed by atoms with E-state index >= 15 is 0 Å². The van der Waals surface area contributed by atoms with E-state index in [1.807, 2.05) is 0 Å². The number of amides is 1. The monoisotopic (exact) mass is 543 g/mol. The van der Waals surface area contributed by atoms with Crippen LogP contribution in [0.5, 0.6) is 5.75 Å². The number of halogens is 3. The molecular formula is C23H24F3N3O5S2. The average molecular weight is 544 g/mol. The van der Waals surface area contributed by atoms with Crippen molar-refractivity contribution in [1.29, 1.82) is 0 Å². The molecule has 0 radical (unpaired) electrons. The van der Waals surface area contributed by atoms with Gasteiger partial charge in [0.2, 0.25) is 0 Å². The molecule has 0 bridgehead atoms. The number of nitrogens with one attached hydrogen (secondary N) is 1. The highest BCUT2D eigenvalue weighted by atomic mass is 32.2. The van der Waals surface area contributed by atoms with Gasteiger partial charge in [0.05, 0.1) is 17.3 Å². The lowest BCUT2D eigenvalue weighted by Crippen LogP contribution is -2.35. The number of ether oxygens (including phenoxy) is 1. The predicted octanol–water partition coefficient (Wildman–Crippen LogP) is 5.22. The van der Waals surface area contributed by atoms with Gasteiger partial charge in [0.15, 0.2) is 0 Å². The van der Waals surface area contributed by atoms with Crippen molar-refractivity contribution in [3.8, 4) is 17.0 Å². The first-order chi connectivity index (χ1) is 16.6. The largest absolute Gasteiger partial charge is 0.444 e. The van der Waals surface area contributed by atoms with Gasteiger partial charge in [0, 0.05) is 10.9 Å². The number of nitrogens with two attached hydrogens (primary N) is 1. The fraction of sp³-hybridized carbons (Fsp3) is 0.304. The Labute approximate surface area is 210 Å². The molecule has 0 aliphatic rings. The van der Waals surface area contributed by atoms with Gasteiger partial charge in [-0.1, -0.05) is 24.3 Å². The highest BCUT2D eigenvalue weighted by molar-refractivity contribution is 7.84. The van der Waals surface area contributed by atoms with Gasteiger partial charge in [-0.25, -0.2) is 9.78 Å². The summed E-state index contributed by atoms with van der Waals surface area (Å²) in [5.41, 5.74) is -0.247.